The van der Waals surface area contributed by atoms with E-state index in [4.69, 9.17) is 17.3 Å². The van der Waals surface area contributed by atoms with Gasteiger partial charge >= 0.3 is 0 Å². The number of likely N-dealkylation sites (tertiary alicyclic amines) is 1. The number of benzene rings is 1. The molecule has 1 aromatic heterocycles. The second kappa shape index (κ2) is 7.70. The van der Waals surface area contributed by atoms with Crippen molar-refractivity contribution in [2.75, 3.05) is 13.1 Å². The number of hydrogen-bond acceptors (Lipinski definition) is 3. The van der Waals surface area contributed by atoms with Crippen molar-refractivity contribution in [2.24, 2.45) is 0 Å². The molecule has 0 saturated carbocycles. The molecule has 1 saturated heterocycles. The maximum absolute atomic E-state index is 5.65. The maximum Gasteiger partial charge on any atom is 0.199 e. The fourth-order valence-corrected chi connectivity index (χ4v) is 3.37. The Morgan fingerprint density at radius 3 is 2.57 bits per heavy atom. The van der Waals surface area contributed by atoms with Gasteiger partial charge in [0.15, 0.2) is 4.77 Å². The smallest absolute Gasteiger partial charge is 0.199 e. The number of rotatable bonds is 6. The molecule has 0 atom stereocenters. The highest BCUT2D eigenvalue weighted by atomic mass is 32.1. The summed E-state index contributed by atoms with van der Waals surface area (Å²) < 4.78 is 4.86. The average Bonchev–Trinajstić information content (AvgIpc) is 2.86. The zero-order chi connectivity index (χ0) is 16.1. The van der Waals surface area contributed by atoms with Crippen LogP contribution in [0.25, 0.3) is 0 Å². The molecule has 2 heterocycles. The highest BCUT2D eigenvalue weighted by Crippen LogP contribution is 2.13. The van der Waals surface area contributed by atoms with E-state index >= 15 is 0 Å². The summed E-state index contributed by atoms with van der Waals surface area (Å²) in [4.78, 5) is 2.44. The van der Waals surface area contributed by atoms with Gasteiger partial charge in [0.1, 0.15) is 5.82 Å². The molecular formula is C18H24N4S. The topological polar surface area (TPSA) is 26.0 Å². The highest BCUT2D eigenvalue weighted by molar-refractivity contribution is 7.71. The lowest BCUT2D eigenvalue weighted by Crippen LogP contribution is -2.32. The Morgan fingerprint density at radius 2 is 1.87 bits per heavy atom. The predicted molar refractivity (Wildman–Crippen MR) is 95.9 cm³/mol. The van der Waals surface area contributed by atoms with E-state index in [1.165, 1.54) is 24.8 Å². The summed E-state index contributed by atoms with van der Waals surface area (Å²) in [5, 5.41) is 4.80. The third-order valence-electron chi connectivity index (χ3n) is 4.30. The number of nitrogens with zero attached hydrogens (tertiary/aromatic N) is 4. The second-order valence-electron chi connectivity index (χ2n) is 6.08. The van der Waals surface area contributed by atoms with Gasteiger partial charge in [0.2, 0.25) is 0 Å². The van der Waals surface area contributed by atoms with Crippen LogP contribution in [0.1, 0.15) is 30.7 Å². The Hall–Kier alpha value is -1.72. The van der Waals surface area contributed by atoms with Crippen molar-refractivity contribution in [3.05, 3.63) is 59.1 Å². The summed E-state index contributed by atoms with van der Waals surface area (Å²) in [6.45, 7) is 7.65. The zero-order valence-electron chi connectivity index (χ0n) is 13.5. The van der Waals surface area contributed by atoms with E-state index in [0.29, 0.717) is 6.54 Å². The Balaban J connectivity index is 1.84. The van der Waals surface area contributed by atoms with Gasteiger partial charge in [0.25, 0.3) is 0 Å². The first-order chi connectivity index (χ1) is 11.3. The fourth-order valence-electron chi connectivity index (χ4n) is 3.09. The first-order valence-electron chi connectivity index (χ1n) is 8.31. The molecule has 3 rings (SSSR count). The van der Waals surface area contributed by atoms with Gasteiger partial charge in [0.05, 0.1) is 6.67 Å². The third-order valence-corrected chi connectivity index (χ3v) is 4.73. The van der Waals surface area contributed by atoms with Gasteiger partial charge < -0.3 is 0 Å². The number of piperidine rings is 1. The summed E-state index contributed by atoms with van der Waals surface area (Å²) in [6, 6.07) is 10.4. The van der Waals surface area contributed by atoms with Crippen molar-refractivity contribution in [3.63, 3.8) is 0 Å². The van der Waals surface area contributed by atoms with E-state index in [1.807, 2.05) is 16.8 Å². The summed E-state index contributed by atoms with van der Waals surface area (Å²) >= 11 is 5.65. The van der Waals surface area contributed by atoms with E-state index in [2.05, 4.69) is 40.3 Å². The van der Waals surface area contributed by atoms with Crippen LogP contribution in [0.4, 0.5) is 0 Å². The van der Waals surface area contributed by atoms with E-state index in [9.17, 15) is 0 Å². The molecular weight excluding hydrogens is 304 g/mol. The predicted octanol–water partition coefficient (Wildman–Crippen LogP) is 3.63. The summed E-state index contributed by atoms with van der Waals surface area (Å²) in [5.74, 6) is 1.01. The fraction of sp³-hybridized carbons (Fsp3) is 0.444. The average molecular weight is 328 g/mol. The van der Waals surface area contributed by atoms with E-state index in [1.54, 1.807) is 0 Å². The lowest BCUT2D eigenvalue weighted by Gasteiger charge is -2.25. The SMILES string of the molecule is C=CCn1c(Cc2ccccc2)nn(CN2CCCCC2)c1=S. The Labute approximate surface area is 143 Å². The second-order valence-corrected chi connectivity index (χ2v) is 6.45. The van der Waals surface area contributed by atoms with Crippen LogP contribution in [0.15, 0.2) is 43.0 Å². The zero-order valence-corrected chi connectivity index (χ0v) is 14.3. The number of allylic oxidation sites excluding steroid dienone is 1. The molecule has 5 heteroatoms. The van der Waals surface area contributed by atoms with Crippen molar-refractivity contribution in [2.45, 2.75) is 38.9 Å². The van der Waals surface area contributed by atoms with Crippen molar-refractivity contribution in [1.82, 2.24) is 19.2 Å². The lowest BCUT2D eigenvalue weighted by atomic mass is 10.1. The number of aromatic nitrogens is 3. The van der Waals surface area contributed by atoms with Gasteiger partial charge in [0, 0.05) is 13.0 Å². The molecule has 0 spiro atoms. The van der Waals surface area contributed by atoms with Crippen LogP contribution in [0, 0.1) is 4.77 Å². The number of hydrogen-bond donors (Lipinski definition) is 0. The minimum atomic E-state index is 0.709. The van der Waals surface area contributed by atoms with Gasteiger partial charge in [-0.05, 0) is 43.7 Å². The largest absolute Gasteiger partial charge is 0.300 e. The van der Waals surface area contributed by atoms with Crippen LogP contribution >= 0.6 is 12.2 Å². The van der Waals surface area contributed by atoms with Crippen LogP contribution in [-0.2, 0) is 19.6 Å². The third kappa shape index (κ3) is 3.98. The molecule has 23 heavy (non-hydrogen) atoms. The molecule has 1 aromatic carbocycles. The van der Waals surface area contributed by atoms with Gasteiger partial charge in [-0.1, -0.05) is 42.8 Å². The molecule has 2 aromatic rings. The van der Waals surface area contributed by atoms with Gasteiger partial charge in [-0.15, -0.1) is 6.58 Å². The first kappa shape index (κ1) is 16.1. The van der Waals surface area contributed by atoms with Crippen LogP contribution in [-0.4, -0.2) is 32.3 Å². The monoisotopic (exact) mass is 328 g/mol. The van der Waals surface area contributed by atoms with E-state index < -0.39 is 0 Å². The minimum absolute atomic E-state index is 0.709. The quantitative estimate of drug-likeness (QED) is 0.598. The maximum atomic E-state index is 5.65. The van der Waals surface area contributed by atoms with Crippen molar-refractivity contribution in [1.29, 1.82) is 0 Å². The molecule has 0 amide bonds. The Bertz CT molecular complexity index is 696. The normalized spacial score (nSPS) is 15.7. The standard InChI is InChI=1S/C18H24N4S/c1-2-11-21-17(14-16-9-5-3-6-10-16)19-22(18(21)23)15-20-12-7-4-8-13-20/h2-3,5-6,9-10H,1,4,7-8,11-15H2. The van der Waals surface area contributed by atoms with E-state index in [-0.39, 0.29) is 0 Å². The van der Waals surface area contributed by atoms with Crippen LogP contribution in [0.3, 0.4) is 0 Å². The van der Waals surface area contributed by atoms with Crippen LogP contribution in [0.5, 0.6) is 0 Å². The Morgan fingerprint density at radius 1 is 1.13 bits per heavy atom. The summed E-state index contributed by atoms with van der Waals surface area (Å²) in [5.41, 5.74) is 1.25. The molecule has 0 unspecified atom stereocenters. The molecule has 1 aliphatic heterocycles. The molecule has 0 radical (unpaired) electrons. The molecule has 0 bridgehead atoms. The molecule has 1 fully saturated rings. The molecule has 4 nitrogen and oxygen atoms in total. The van der Waals surface area contributed by atoms with Crippen molar-refractivity contribution >= 4 is 12.2 Å². The highest BCUT2D eigenvalue weighted by Gasteiger charge is 2.15. The van der Waals surface area contributed by atoms with Crippen molar-refractivity contribution < 1.29 is 0 Å². The summed E-state index contributed by atoms with van der Waals surface area (Å²) in [7, 11) is 0. The van der Waals surface area contributed by atoms with Crippen LogP contribution in [0.2, 0.25) is 0 Å². The van der Waals surface area contributed by atoms with E-state index in [0.717, 1.165) is 36.8 Å². The first-order valence-corrected chi connectivity index (χ1v) is 8.72. The lowest BCUT2D eigenvalue weighted by molar-refractivity contribution is 0.171. The van der Waals surface area contributed by atoms with Gasteiger partial charge in [-0.3, -0.25) is 9.47 Å². The molecule has 1 aliphatic rings. The van der Waals surface area contributed by atoms with Gasteiger partial charge in [-0.25, -0.2) is 4.68 Å². The minimum Gasteiger partial charge on any atom is -0.300 e. The molecule has 122 valence electrons. The van der Waals surface area contributed by atoms with Gasteiger partial charge in [-0.2, -0.15) is 5.10 Å². The molecule has 0 N–H and O–H groups in total. The van der Waals surface area contributed by atoms with Crippen LogP contribution < -0.4 is 0 Å². The van der Waals surface area contributed by atoms with Crippen molar-refractivity contribution in [3.8, 4) is 0 Å². The Kier molecular flexibility index (Phi) is 5.41. The molecule has 0 aliphatic carbocycles. The summed E-state index contributed by atoms with van der Waals surface area (Å²) in [6.07, 6.45) is 6.57.